The maximum absolute atomic E-state index is 2.48. The summed E-state index contributed by atoms with van der Waals surface area (Å²) in [5.41, 5.74) is 22.3. The number of hydrogen-bond acceptors (Lipinski definition) is 2. The zero-order valence-corrected chi connectivity index (χ0v) is 48.2. The van der Waals surface area contributed by atoms with E-state index in [0.29, 0.717) is 0 Å². The highest BCUT2D eigenvalue weighted by molar-refractivity contribution is 6.22. The van der Waals surface area contributed by atoms with Gasteiger partial charge in [-0.3, -0.25) is 0 Å². The van der Waals surface area contributed by atoms with Gasteiger partial charge in [-0.15, -0.1) is 0 Å². The summed E-state index contributed by atoms with van der Waals surface area (Å²) in [4.78, 5) is 4.90. The van der Waals surface area contributed by atoms with Gasteiger partial charge in [0.25, 0.3) is 0 Å². The molecule has 0 fully saturated rings. The van der Waals surface area contributed by atoms with Crippen LogP contribution in [0.3, 0.4) is 0 Å². The van der Waals surface area contributed by atoms with Crippen molar-refractivity contribution in [3.8, 4) is 22.3 Å². The Morgan fingerprint density at radius 1 is 0.266 bits per heavy atom. The summed E-state index contributed by atoms with van der Waals surface area (Å²) in [7, 11) is 0. The van der Waals surface area contributed by atoms with E-state index in [4.69, 9.17) is 0 Å². The fraction of sp³-hybridized carbons (Fsp3) is 0.221. The minimum absolute atomic E-state index is 0.0385. The Balaban J connectivity index is 1.07. The number of fused-ring (bicyclic) bond motifs is 17. The van der Waals surface area contributed by atoms with Gasteiger partial charge in [-0.1, -0.05) is 229 Å². The highest BCUT2D eigenvalue weighted by Crippen LogP contribution is 2.67. The summed E-state index contributed by atoms with van der Waals surface area (Å²) in [6.45, 7) is 27.5. The number of nitrogens with zero attached hydrogens (tertiary/aromatic N) is 2. The number of anilines is 6. The van der Waals surface area contributed by atoms with E-state index in [1.165, 1.54) is 99.1 Å². The smallest absolute Gasteiger partial charge is 0.0737 e. The summed E-state index contributed by atoms with van der Waals surface area (Å²) in [5, 5.41) is 7.55. The lowest BCUT2D eigenvalue weighted by atomic mass is 9.68. The molecule has 0 aliphatic heterocycles. The lowest BCUT2D eigenvalue weighted by molar-refractivity contribution is 0.590. The van der Waals surface area contributed by atoms with Crippen LogP contribution in [0, 0.1) is 0 Å². The number of rotatable bonds is 6. The van der Waals surface area contributed by atoms with Crippen molar-refractivity contribution < 1.29 is 0 Å². The number of benzene rings is 11. The molecule has 0 atom stereocenters. The molecular formula is C77H72N2. The van der Waals surface area contributed by atoms with Gasteiger partial charge in [-0.05, 0) is 194 Å². The summed E-state index contributed by atoms with van der Waals surface area (Å²) in [6, 6.07) is 84.0. The third-order valence-electron chi connectivity index (χ3n) is 17.5. The van der Waals surface area contributed by atoms with Gasteiger partial charge in [0, 0.05) is 34.1 Å². The molecule has 2 aliphatic carbocycles. The Morgan fingerprint density at radius 2 is 0.633 bits per heavy atom. The zero-order valence-electron chi connectivity index (χ0n) is 48.2. The molecule has 0 heterocycles. The van der Waals surface area contributed by atoms with Gasteiger partial charge < -0.3 is 9.80 Å². The average molecular weight is 1030 g/mol. The third kappa shape index (κ3) is 8.04. The van der Waals surface area contributed by atoms with Crippen LogP contribution in [-0.2, 0) is 27.1 Å². The normalized spacial score (nSPS) is 13.7. The minimum atomic E-state index is -0.612. The molecule has 13 rings (SSSR count). The van der Waals surface area contributed by atoms with Gasteiger partial charge in [-0.2, -0.15) is 0 Å². The highest BCUT2D eigenvalue weighted by Gasteiger charge is 2.54. The first-order valence-corrected chi connectivity index (χ1v) is 28.5. The second-order valence-electron chi connectivity index (χ2n) is 26.6. The predicted molar refractivity (Wildman–Crippen MR) is 339 cm³/mol. The Labute approximate surface area is 469 Å². The molecule has 0 N–H and O–H groups in total. The maximum atomic E-state index is 2.48. The van der Waals surface area contributed by atoms with Crippen LogP contribution in [0.25, 0.3) is 54.6 Å². The summed E-state index contributed by atoms with van der Waals surface area (Å²) >= 11 is 0. The number of hydrogen-bond donors (Lipinski definition) is 0. The van der Waals surface area contributed by atoms with E-state index in [1.807, 2.05) is 0 Å². The van der Waals surface area contributed by atoms with Crippen LogP contribution < -0.4 is 9.80 Å². The van der Waals surface area contributed by atoms with Crippen molar-refractivity contribution >= 4 is 66.4 Å². The van der Waals surface area contributed by atoms with Gasteiger partial charge in [0.15, 0.2) is 0 Å². The Hall–Kier alpha value is -8.20. The van der Waals surface area contributed by atoms with Crippen molar-refractivity contribution in [3.05, 3.63) is 263 Å². The lowest BCUT2D eigenvalue weighted by Crippen LogP contribution is -2.26. The van der Waals surface area contributed by atoms with Crippen molar-refractivity contribution in [2.75, 3.05) is 9.80 Å². The molecule has 1 spiro atoms. The van der Waals surface area contributed by atoms with Crippen molar-refractivity contribution in [3.63, 3.8) is 0 Å². The van der Waals surface area contributed by atoms with Crippen LogP contribution in [-0.4, -0.2) is 0 Å². The first-order chi connectivity index (χ1) is 37.7. The van der Waals surface area contributed by atoms with E-state index in [0.717, 1.165) is 34.1 Å². The molecule has 0 saturated carbocycles. The van der Waals surface area contributed by atoms with E-state index in [9.17, 15) is 0 Å². The topological polar surface area (TPSA) is 6.48 Å². The fourth-order valence-corrected chi connectivity index (χ4v) is 13.3. The molecule has 0 saturated heterocycles. The molecule has 11 aromatic carbocycles. The second-order valence-corrected chi connectivity index (χ2v) is 26.6. The predicted octanol–water partition coefficient (Wildman–Crippen LogP) is 21.6. The van der Waals surface area contributed by atoms with Crippen molar-refractivity contribution in [2.24, 2.45) is 0 Å². The van der Waals surface area contributed by atoms with Gasteiger partial charge in [0.2, 0.25) is 0 Å². The summed E-state index contributed by atoms with van der Waals surface area (Å²) in [5.74, 6) is 0. The van der Waals surface area contributed by atoms with Gasteiger partial charge in [0.1, 0.15) is 0 Å². The van der Waals surface area contributed by atoms with Crippen LogP contribution in [0.5, 0.6) is 0 Å². The molecule has 0 unspecified atom stereocenters. The van der Waals surface area contributed by atoms with Gasteiger partial charge in [-0.25, -0.2) is 0 Å². The van der Waals surface area contributed by atoms with Crippen molar-refractivity contribution in [1.82, 2.24) is 0 Å². The van der Waals surface area contributed by atoms with Crippen LogP contribution >= 0.6 is 0 Å². The molecule has 0 amide bonds. The average Bonchev–Trinajstić information content (AvgIpc) is 1.83. The van der Waals surface area contributed by atoms with Crippen molar-refractivity contribution in [2.45, 2.75) is 110 Å². The molecule has 79 heavy (non-hydrogen) atoms. The highest BCUT2D eigenvalue weighted by atomic mass is 15.1. The molecule has 0 bridgehead atoms. The molecular weight excluding hydrogens is 953 g/mol. The largest absolute Gasteiger partial charge is 0.310 e. The Kier molecular flexibility index (Phi) is 11.4. The molecule has 2 heteroatoms. The summed E-state index contributed by atoms with van der Waals surface area (Å²) < 4.78 is 0. The quantitative estimate of drug-likeness (QED) is 0.153. The molecule has 2 aliphatic rings. The van der Waals surface area contributed by atoms with Crippen LogP contribution in [0.1, 0.15) is 128 Å². The van der Waals surface area contributed by atoms with Gasteiger partial charge in [0.05, 0.1) is 5.41 Å². The molecule has 0 radical (unpaired) electrons. The maximum Gasteiger partial charge on any atom is 0.0737 e. The van der Waals surface area contributed by atoms with E-state index in [-0.39, 0.29) is 21.7 Å². The Bertz CT molecular complexity index is 4020. The zero-order chi connectivity index (χ0) is 55.0. The standard InChI is InChI=1S/C77H72N2/c1-73(2,3)50-26-34-54(35-27-50)78(55-36-28-51(29-37-55)74(4,5)6)58-42-45-60-49(47-58)25-44-66-70-64-22-14-13-19-61(64)67-48-59(79(56-38-30-52(31-39-56)75(7,8)9)57-40-32-53(33-41-57)76(10,11)12)43-46-65(67)72(70)77(71(60)66)68-23-17-15-20-62(68)63-21-16-18-24-69(63)77/h13-48H,1-12H3. The monoisotopic (exact) mass is 1020 g/mol. The Morgan fingerprint density at radius 3 is 1.06 bits per heavy atom. The first kappa shape index (κ1) is 50.3. The van der Waals surface area contributed by atoms with Crippen molar-refractivity contribution in [1.29, 1.82) is 0 Å². The lowest BCUT2D eigenvalue weighted by Gasteiger charge is -2.33. The van der Waals surface area contributed by atoms with Crippen LogP contribution in [0.4, 0.5) is 34.1 Å². The molecule has 2 nitrogen and oxygen atoms in total. The van der Waals surface area contributed by atoms with E-state index >= 15 is 0 Å². The van der Waals surface area contributed by atoms with E-state index in [2.05, 4.69) is 311 Å². The first-order valence-electron chi connectivity index (χ1n) is 28.5. The van der Waals surface area contributed by atoms with E-state index in [1.54, 1.807) is 0 Å². The molecule has 390 valence electrons. The van der Waals surface area contributed by atoms with Crippen LogP contribution in [0.2, 0.25) is 0 Å². The molecule has 11 aromatic rings. The van der Waals surface area contributed by atoms with E-state index < -0.39 is 5.41 Å². The SMILES string of the molecule is CC(C)(C)c1ccc(N(c2ccc(C(C)(C)C)cc2)c2ccc3c4c(ccc3c2)-c2c(c3ccc(N(c5ccc(C(C)(C)C)cc5)c5ccc(C(C)(C)C)cc5)cc3c3ccccc23)C42c3ccccc3-c3ccccc32)cc1. The van der Waals surface area contributed by atoms with Gasteiger partial charge >= 0.3 is 0 Å². The third-order valence-corrected chi connectivity index (χ3v) is 17.5. The molecule has 0 aromatic heterocycles. The fourth-order valence-electron chi connectivity index (χ4n) is 13.3. The van der Waals surface area contributed by atoms with Crippen LogP contribution in [0.15, 0.2) is 218 Å². The minimum Gasteiger partial charge on any atom is -0.310 e. The second kappa shape index (κ2) is 17.9. The summed E-state index contributed by atoms with van der Waals surface area (Å²) in [6.07, 6.45) is 0.